The fourth-order valence-corrected chi connectivity index (χ4v) is 2.74. The Morgan fingerprint density at radius 3 is 2.70 bits per heavy atom. The number of anilines is 1. The molecule has 1 saturated heterocycles. The van der Waals surface area contributed by atoms with Crippen molar-refractivity contribution in [3.63, 3.8) is 0 Å². The van der Waals surface area contributed by atoms with E-state index in [1.807, 2.05) is 19.2 Å². The summed E-state index contributed by atoms with van der Waals surface area (Å²) in [5.41, 5.74) is 1.19. The Morgan fingerprint density at radius 1 is 1.26 bits per heavy atom. The Morgan fingerprint density at radius 2 is 2.04 bits per heavy atom. The topological polar surface area (TPSA) is 78.1 Å². The summed E-state index contributed by atoms with van der Waals surface area (Å²) in [6.07, 6.45) is 3.59. The van der Waals surface area contributed by atoms with Crippen molar-refractivity contribution >= 4 is 11.7 Å². The summed E-state index contributed by atoms with van der Waals surface area (Å²) in [5.74, 6) is 0.752. The number of pyridine rings is 2. The molecule has 2 aromatic heterocycles. The molecule has 3 rings (SSSR count). The summed E-state index contributed by atoms with van der Waals surface area (Å²) in [6.45, 7) is 3.73. The van der Waals surface area contributed by atoms with Gasteiger partial charge in [-0.2, -0.15) is 0 Å². The third kappa shape index (κ3) is 3.77. The summed E-state index contributed by atoms with van der Waals surface area (Å²) < 4.78 is 0. The number of nitrogens with one attached hydrogen (secondary N) is 2. The lowest BCUT2D eigenvalue weighted by molar-refractivity contribution is 0.0926. The highest BCUT2D eigenvalue weighted by Crippen LogP contribution is 2.18. The number of nitrogens with zero attached hydrogens (tertiary/aromatic N) is 2. The zero-order valence-corrected chi connectivity index (χ0v) is 13.1. The van der Waals surface area contributed by atoms with E-state index in [-0.39, 0.29) is 17.5 Å². The second-order valence-corrected chi connectivity index (χ2v) is 5.86. The Kier molecular flexibility index (Phi) is 4.41. The number of aromatic amines is 1. The normalized spacial score (nSPS) is 15.4. The predicted octanol–water partition coefficient (Wildman–Crippen LogP) is 1.48. The first-order valence-electron chi connectivity index (χ1n) is 7.79. The van der Waals surface area contributed by atoms with Crippen LogP contribution in [0.5, 0.6) is 0 Å². The van der Waals surface area contributed by atoms with Crippen molar-refractivity contribution in [3.05, 3.63) is 58.1 Å². The van der Waals surface area contributed by atoms with Gasteiger partial charge in [-0.1, -0.05) is 12.1 Å². The van der Waals surface area contributed by atoms with Gasteiger partial charge in [0, 0.05) is 31.4 Å². The molecule has 0 atom stereocenters. The largest absolute Gasteiger partial charge is 0.356 e. The number of carbonyl (C=O) groups excluding carboxylic acids is 1. The second kappa shape index (κ2) is 6.64. The van der Waals surface area contributed by atoms with Crippen LogP contribution in [0.4, 0.5) is 5.82 Å². The Balaban J connectivity index is 1.56. The minimum Gasteiger partial charge on any atom is -0.356 e. The molecule has 23 heavy (non-hydrogen) atoms. The highest BCUT2D eigenvalue weighted by molar-refractivity contribution is 5.92. The maximum Gasteiger partial charge on any atom is 0.268 e. The van der Waals surface area contributed by atoms with E-state index < -0.39 is 0 Å². The minimum atomic E-state index is -0.266. The number of rotatable bonds is 3. The first kappa shape index (κ1) is 15.3. The summed E-state index contributed by atoms with van der Waals surface area (Å²) in [5, 5.41) is 2.99. The number of piperidine rings is 1. The van der Waals surface area contributed by atoms with Crippen molar-refractivity contribution in [2.45, 2.75) is 25.8 Å². The summed E-state index contributed by atoms with van der Waals surface area (Å²) in [4.78, 5) is 32.6. The van der Waals surface area contributed by atoms with Crippen LogP contribution in [0.1, 0.15) is 28.9 Å². The van der Waals surface area contributed by atoms with E-state index in [9.17, 15) is 9.59 Å². The quantitative estimate of drug-likeness (QED) is 0.900. The van der Waals surface area contributed by atoms with E-state index >= 15 is 0 Å². The molecule has 0 bridgehead atoms. The number of hydrogen-bond acceptors (Lipinski definition) is 4. The number of carbonyl (C=O) groups is 1. The average molecular weight is 312 g/mol. The molecule has 0 radical (unpaired) electrons. The van der Waals surface area contributed by atoms with E-state index in [4.69, 9.17) is 0 Å². The molecular weight excluding hydrogens is 292 g/mol. The van der Waals surface area contributed by atoms with Gasteiger partial charge in [-0.3, -0.25) is 9.59 Å². The molecule has 6 nitrogen and oxygen atoms in total. The zero-order chi connectivity index (χ0) is 16.2. The van der Waals surface area contributed by atoms with Gasteiger partial charge in [-0.05, 0) is 37.5 Å². The van der Waals surface area contributed by atoms with Crippen molar-refractivity contribution in [2.75, 3.05) is 18.0 Å². The fourth-order valence-electron chi connectivity index (χ4n) is 2.74. The van der Waals surface area contributed by atoms with E-state index in [0.717, 1.165) is 37.3 Å². The summed E-state index contributed by atoms with van der Waals surface area (Å²) in [6, 6.07) is 8.80. The fraction of sp³-hybridized carbons (Fsp3) is 0.353. The molecule has 120 valence electrons. The van der Waals surface area contributed by atoms with E-state index in [1.165, 1.54) is 6.07 Å². The van der Waals surface area contributed by atoms with Crippen LogP contribution < -0.4 is 15.8 Å². The van der Waals surface area contributed by atoms with Gasteiger partial charge < -0.3 is 15.2 Å². The van der Waals surface area contributed by atoms with Crippen LogP contribution >= 0.6 is 0 Å². The van der Waals surface area contributed by atoms with Crippen LogP contribution in [0.2, 0.25) is 0 Å². The van der Waals surface area contributed by atoms with Crippen LogP contribution in [-0.4, -0.2) is 35.0 Å². The van der Waals surface area contributed by atoms with Crippen molar-refractivity contribution in [3.8, 4) is 0 Å². The van der Waals surface area contributed by atoms with E-state index in [0.29, 0.717) is 5.69 Å². The lowest BCUT2D eigenvalue weighted by Crippen LogP contribution is -2.45. The van der Waals surface area contributed by atoms with Crippen molar-refractivity contribution < 1.29 is 4.79 Å². The Bertz CT molecular complexity index is 731. The van der Waals surface area contributed by atoms with Gasteiger partial charge in [0.15, 0.2) is 0 Å². The standard InChI is InChI=1S/C17H20N4O2/c1-12-5-6-15(18-11-12)21-9-7-13(8-10-21)19-17(23)14-3-2-4-16(22)20-14/h2-6,11,13H,7-10H2,1H3,(H,19,23)(H,20,22). The van der Waals surface area contributed by atoms with Crippen LogP contribution in [0.15, 0.2) is 41.3 Å². The van der Waals surface area contributed by atoms with Gasteiger partial charge in [0.1, 0.15) is 11.5 Å². The molecule has 2 aromatic rings. The van der Waals surface area contributed by atoms with Crippen LogP contribution in [0.25, 0.3) is 0 Å². The first-order chi connectivity index (χ1) is 11.1. The zero-order valence-electron chi connectivity index (χ0n) is 13.1. The molecule has 3 heterocycles. The molecule has 0 aliphatic carbocycles. The molecular formula is C17H20N4O2. The predicted molar refractivity (Wildman–Crippen MR) is 88.7 cm³/mol. The number of aryl methyl sites for hydroxylation is 1. The third-order valence-electron chi connectivity index (χ3n) is 4.06. The van der Waals surface area contributed by atoms with E-state index in [1.54, 1.807) is 12.1 Å². The molecule has 1 amide bonds. The maximum absolute atomic E-state index is 12.1. The number of hydrogen-bond donors (Lipinski definition) is 2. The number of amides is 1. The summed E-state index contributed by atoms with van der Waals surface area (Å²) in [7, 11) is 0. The van der Waals surface area contributed by atoms with Crippen LogP contribution in [-0.2, 0) is 0 Å². The van der Waals surface area contributed by atoms with E-state index in [2.05, 4.69) is 26.3 Å². The molecule has 0 spiro atoms. The minimum absolute atomic E-state index is 0.118. The Hall–Kier alpha value is -2.63. The van der Waals surface area contributed by atoms with Gasteiger partial charge in [-0.15, -0.1) is 0 Å². The molecule has 2 N–H and O–H groups in total. The van der Waals surface area contributed by atoms with Crippen molar-refractivity contribution in [2.24, 2.45) is 0 Å². The highest BCUT2D eigenvalue weighted by atomic mass is 16.2. The average Bonchev–Trinajstić information content (AvgIpc) is 2.56. The summed E-state index contributed by atoms with van der Waals surface area (Å²) >= 11 is 0. The monoisotopic (exact) mass is 312 g/mol. The molecule has 0 saturated carbocycles. The molecule has 0 unspecified atom stereocenters. The van der Waals surface area contributed by atoms with Gasteiger partial charge in [0.05, 0.1) is 0 Å². The SMILES string of the molecule is Cc1ccc(N2CCC(NC(=O)c3cccc(=O)[nH]3)CC2)nc1. The number of aromatic nitrogens is 2. The second-order valence-electron chi connectivity index (χ2n) is 5.86. The van der Waals surface area contributed by atoms with Gasteiger partial charge in [-0.25, -0.2) is 4.98 Å². The molecule has 1 aliphatic heterocycles. The van der Waals surface area contributed by atoms with Gasteiger partial charge >= 0.3 is 0 Å². The maximum atomic E-state index is 12.1. The highest BCUT2D eigenvalue weighted by Gasteiger charge is 2.22. The van der Waals surface area contributed by atoms with Crippen molar-refractivity contribution in [1.82, 2.24) is 15.3 Å². The van der Waals surface area contributed by atoms with Crippen molar-refractivity contribution in [1.29, 1.82) is 0 Å². The molecule has 1 fully saturated rings. The molecule has 0 aromatic carbocycles. The molecule has 6 heteroatoms. The van der Waals surface area contributed by atoms with Crippen LogP contribution in [0.3, 0.4) is 0 Å². The lowest BCUT2D eigenvalue weighted by Gasteiger charge is -2.33. The lowest BCUT2D eigenvalue weighted by atomic mass is 10.0. The molecule has 1 aliphatic rings. The van der Waals surface area contributed by atoms with Gasteiger partial charge in [0.2, 0.25) is 5.56 Å². The number of H-pyrrole nitrogens is 1. The Labute approximate surface area is 134 Å². The third-order valence-corrected chi connectivity index (χ3v) is 4.06. The smallest absolute Gasteiger partial charge is 0.268 e. The van der Waals surface area contributed by atoms with Gasteiger partial charge in [0.25, 0.3) is 5.91 Å². The first-order valence-corrected chi connectivity index (χ1v) is 7.79. The van der Waals surface area contributed by atoms with Crippen LogP contribution in [0, 0.1) is 6.92 Å².